The lowest BCUT2D eigenvalue weighted by atomic mass is 10.3. The minimum absolute atomic E-state index is 0.860. The number of benzene rings is 1. The summed E-state index contributed by atoms with van der Waals surface area (Å²) < 4.78 is 0. The largest absolute Gasteiger partial charge is 0.253 e. The Morgan fingerprint density at radius 2 is 1.91 bits per heavy atom. The maximum absolute atomic E-state index is 4.25. The van der Waals surface area contributed by atoms with Gasteiger partial charge in [-0.1, -0.05) is 6.07 Å². The fourth-order valence-corrected chi connectivity index (χ4v) is 1.24. The van der Waals surface area contributed by atoms with Crippen LogP contribution in [-0.4, -0.2) is 9.97 Å². The molecule has 0 N–H and O–H groups in total. The van der Waals surface area contributed by atoms with Crippen LogP contribution in [0, 0.1) is 0 Å². The highest BCUT2D eigenvalue weighted by Gasteiger charge is 1.95. The number of aromatic nitrogens is 2. The van der Waals surface area contributed by atoms with Crippen LogP contribution in [0.1, 0.15) is 0 Å². The van der Waals surface area contributed by atoms with Crippen LogP contribution in [-0.2, 0) is 0 Å². The Morgan fingerprint density at radius 1 is 1.09 bits per heavy atom. The van der Waals surface area contributed by atoms with Crippen molar-refractivity contribution in [1.29, 1.82) is 0 Å². The van der Waals surface area contributed by atoms with Gasteiger partial charge in [-0.25, -0.2) is 0 Å². The van der Waals surface area contributed by atoms with E-state index in [1.54, 1.807) is 12.4 Å². The molecule has 0 aliphatic carbocycles. The number of thiol groups is 1. The van der Waals surface area contributed by atoms with Crippen LogP contribution in [0.15, 0.2) is 35.5 Å². The number of hydrogen-bond donors (Lipinski definition) is 1. The summed E-state index contributed by atoms with van der Waals surface area (Å²) in [6.45, 7) is 0. The molecule has 0 unspecified atom stereocenters. The fraction of sp³-hybridized carbons (Fsp3) is 0. The Morgan fingerprint density at radius 3 is 2.73 bits per heavy atom. The van der Waals surface area contributed by atoms with E-state index in [9.17, 15) is 0 Å². The quantitative estimate of drug-likeness (QED) is 0.599. The molecule has 3 heteroatoms. The van der Waals surface area contributed by atoms with Crippen molar-refractivity contribution in [1.82, 2.24) is 9.97 Å². The molecule has 0 aliphatic rings. The number of hydrogen-bond acceptors (Lipinski definition) is 3. The Kier molecular flexibility index (Phi) is 1.51. The van der Waals surface area contributed by atoms with Gasteiger partial charge in [0.05, 0.1) is 5.52 Å². The molecule has 1 heterocycles. The summed E-state index contributed by atoms with van der Waals surface area (Å²) in [7, 11) is 0. The van der Waals surface area contributed by atoms with E-state index < -0.39 is 0 Å². The van der Waals surface area contributed by atoms with Gasteiger partial charge < -0.3 is 0 Å². The molecule has 0 radical (unpaired) electrons. The van der Waals surface area contributed by atoms with Gasteiger partial charge in [-0.15, -0.1) is 12.6 Å². The predicted octanol–water partition coefficient (Wildman–Crippen LogP) is 1.92. The first kappa shape index (κ1) is 6.61. The number of para-hydroxylation sites is 1. The number of nitrogens with zero attached hydrogens (tertiary/aromatic N) is 2. The van der Waals surface area contributed by atoms with Gasteiger partial charge in [-0.3, -0.25) is 9.97 Å². The van der Waals surface area contributed by atoms with Crippen LogP contribution in [0.3, 0.4) is 0 Å². The zero-order valence-electron chi connectivity index (χ0n) is 5.73. The fourth-order valence-electron chi connectivity index (χ4n) is 0.977. The van der Waals surface area contributed by atoms with Crippen molar-refractivity contribution in [2.75, 3.05) is 0 Å². The molecule has 0 fully saturated rings. The van der Waals surface area contributed by atoms with Gasteiger partial charge in [-0.2, -0.15) is 0 Å². The summed E-state index contributed by atoms with van der Waals surface area (Å²) in [5, 5.41) is 0. The molecule has 0 aliphatic heterocycles. The van der Waals surface area contributed by atoms with Crippen molar-refractivity contribution < 1.29 is 0 Å². The highest BCUT2D eigenvalue weighted by molar-refractivity contribution is 7.80. The van der Waals surface area contributed by atoms with Crippen LogP contribution in [0.25, 0.3) is 11.0 Å². The van der Waals surface area contributed by atoms with Gasteiger partial charge in [0.1, 0.15) is 5.52 Å². The molecule has 0 saturated carbocycles. The molecule has 11 heavy (non-hydrogen) atoms. The van der Waals surface area contributed by atoms with Crippen molar-refractivity contribution >= 4 is 23.7 Å². The molecule has 2 aromatic rings. The van der Waals surface area contributed by atoms with E-state index in [-0.39, 0.29) is 0 Å². The van der Waals surface area contributed by atoms with Crippen LogP contribution in [0.4, 0.5) is 0 Å². The monoisotopic (exact) mass is 162 g/mol. The summed E-state index contributed by atoms with van der Waals surface area (Å²) in [6, 6.07) is 5.74. The van der Waals surface area contributed by atoms with Crippen molar-refractivity contribution in [3.8, 4) is 0 Å². The van der Waals surface area contributed by atoms with Crippen LogP contribution in [0.2, 0.25) is 0 Å². The van der Waals surface area contributed by atoms with E-state index in [0.717, 1.165) is 15.9 Å². The first-order valence-electron chi connectivity index (χ1n) is 3.26. The van der Waals surface area contributed by atoms with E-state index in [0.29, 0.717) is 0 Å². The Balaban J connectivity index is 2.91. The minimum atomic E-state index is 0.860. The molecule has 2 nitrogen and oxygen atoms in total. The summed E-state index contributed by atoms with van der Waals surface area (Å²) in [5.41, 5.74) is 1.75. The first-order chi connectivity index (χ1) is 5.38. The van der Waals surface area contributed by atoms with Gasteiger partial charge in [0.25, 0.3) is 0 Å². The molecule has 0 spiro atoms. The standard InChI is InChI=1S/C8H6N2S/c11-7-3-1-2-6-8(7)10-5-4-9-6/h1-5,11H. The Hall–Kier alpha value is -1.09. The van der Waals surface area contributed by atoms with Gasteiger partial charge in [0.15, 0.2) is 0 Å². The van der Waals surface area contributed by atoms with Gasteiger partial charge in [0.2, 0.25) is 0 Å². The first-order valence-corrected chi connectivity index (χ1v) is 3.71. The van der Waals surface area contributed by atoms with Crippen LogP contribution in [0.5, 0.6) is 0 Å². The topological polar surface area (TPSA) is 25.8 Å². The minimum Gasteiger partial charge on any atom is -0.253 e. The van der Waals surface area contributed by atoms with Crippen molar-refractivity contribution in [2.24, 2.45) is 0 Å². The molecule has 0 amide bonds. The van der Waals surface area contributed by atoms with Gasteiger partial charge in [0, 0.05) is 17.3 Å². The average Bonchev–Trinajstić information content (AvgIpc) is 2.06. The molecule has 0 bridgehead atoms. The summed E-state index contributed by atoms with van der Waals surface area (Å²) >= 11 is 4.25. The number of fused-ring (bicyclic) bond motifs is 1. The second-order valence-corrected chi connectivity index (χ2v) is 2.68. The normalized spacial score (nSPS) is 10.3. The van der Waals surface area contributed by atoms with Crippen molar-refractivity contribution in [3.05, 3.63) is 30.6 Å². The molecule has 1 aromatic heterocycles. The van der Waals surface area contributed by atoms with E-state index in [1.165, 1.54) is 0 Å². The van der Waals surface area contributed by atoms with Crippen molar-refractivity contribution in [2.45, 2.75) is 4.90 Å². The molecular weight excluding hydrogens is 156 g/mol. The maximum atomic E-state index is 4.25. The highest BCUT2D eigenvalue weighted by Crippen LogP contribution is 2.16. The summed E-state index contributed by atoms with van der Waals surface area (Å²) in [4.78, 5) is 9.14. The predicted molar refractivity (Wildman–Crippen MR) is 46.8 cm³/mol. The van der Waals surface area contributed by atoms with E-state index >= 15 is 0 Å². The lowest BCUT2D eigenvalue weighted by molar-refractivity contribution is 1.26. The van der Waals surface area contributed by atoms with Gasteiger partial charge >= 0.3 is 0 Å². The lowest BCUT2D eigenvalue weighted by Gasteiger charge is -1.96. The smallest absolute Gasteiger partial charge is 0.102 e. The third-order valence-electron chi connectivity index (χ3n) is 1.48. The van der Waals surface area contributed by atoms with Gasteiger partial charge in [-0.05, 0) is 12.1 Å². The molecule has 2 rings (SSSR count). The Bertz CT molecular complexity index is 381. The van der Waals surface area contributed by atoms with Crippen molar-refractivity contribution in [3.63, 3.8) is 0 Å². The summed E-state index contributed by atoms with van der Waals surface area (Å²) in [6.07, 6.45) is 3.34. The SMILES string of the molecule is Sc1cccc2nccnc12. The second-order valence-electron chi connectivity index (χ2n) is 2.20. The van der Waals surface area contributed by atoms with Crippen LogP contribution < -0.4 is 0 Å². The van der Waals surface area contributed by atoms with E-state index in [2.05, 4.69) is 22.6 Å². The third-order valence-corrected chi connectivity index (χ3v) is 1.84. The lowest BCUT2D eigenvalue weighted by Crippen LogP contribution is -1.81. The zero-order valence-corrected chi connectivity index (χ0v) is 6.62. The maximum Gasteiger partial charge on any atom is 0.102 e. The van der Waals surface area contributed by atoms with E-state index in [4.69, 9.17) is 0 Å². The van der Waals surface area contributed by atoms with Crippen LogP contribution >= 0.6 is 12.6 Å². The molecule has 0 atom stereocenters. The Labute approximate surface area is 69.7 Å². The highest BCUT2D eigenvalue weighted by atomic mass is 32.1. The zero-order chi connectivity index (χ0) is 7.68. The molecule has 0 saturated heterocycles. The van der Waals surface area contributed by atoms with E-state index in [1.807, 2.05) is 18.2 Å². The third kappa shape index (κ3) is 1.07. The molecular formula is C8H6N2S. The summed E-state index contributed by atoms with van der Waals surface area (Å²) in [5.74, 6) is 0. The molecule has 1 aromatic carbocycles. The second kappa shape index (κ2) is 2.51. The average molecular weight is 162 g/mol. The number of rotatable bonds is 0. The molecule has 54 valence electrons.